The number of nitrogens with one attached hydrogen (secondary N) is 1. The monoisotopic (exact) mass is 324 g/mol. The molecule has 1 unspecified atom stereocenters. The molecular weight excluding hydrogens is 308 g/mol. The first-order chi connectivity index (χ1) is 8.78. The summed E-state index contributed by atoms with van der Waals surface area (Å²) in [6.07, 6.45) is 4.18. The third-order valence-corrected chi connectivity index (χ3v) is 4.23. The van der Waals surface area contributed by atoms with E-state index in [2.05, 4.69) is 50.5 Å². The van der Waals surface area contributed by atoms with Crippen molar-refractivity contribution in [1.29, 1.82) is 0 Å². The van der Waals surface area contributed by atoms with E-state index in [4.69, 9.17) is 0 Å². The Hall–Kier alpha value is -0.710. The average molecular weight is 325 g/mol. The molecule has 4 heteroatoms. The van der Waals surface area contributed by atoms with Gasteiger partial charge in [0.1, 0.15) is 0 Å². The summed E-state index contributed by atoms with van der Waals surface area (Å²) in [6.45, 7) is 1.04. The van der Waals surface area contributed by atoms with Gasteiger partial charge in [-0.1, -0.05) is 28.1 Å². The standard InChI is InChI=1S/C14H17BrN2S/c1-16-8-12(7-14-9-17-10-18-14)6-11-2-4-13(15)5-3-11/h2-5,9-10,12,16H,6-8H2,1H3. The second-order valence-corrected chi connectivity index (χ2v) is 6.31. The zero-order valence-electron chi connectivity index (χ0n) is 10.4. The van der Waals surface area contributed by atoms with Gasteiger partial charge in [0.2, 0.25) is 0 Å². The number of hydrogen-bond donors (Lipinski definition) is 1. The maximum Gasteiger partial charge on any atom is 0.0794 e. The molecule has 0 amide bonds. The molecule has 2 nitrogen and oxygen atoms in total. The summed E-state index contributed by atoms with van der Waals surface area (Å²) in [6, 6.07) is 8.61. The van der Waals surface area contributed by atoms with Crippen molar-refractivity contribution in [2.45, 2.75) is 12.8 Å². The van der Waals surface area contributed by atoms with Gasteiger partial charge in [0.15, 0.2) is 0 Å². The first-order valence-corrected chi connectivity index (χ1v) is 7.71. The number of aromatic nitrogens is 1. The van der Waals surface area contributed by atoms with Crippen molar-refractivity contribution in [3.8, 4) is 0 Å². The Morgan fingerprint density at radius 3 is 2.67 bits per heavy atom. The zero-order valence-corrected chi connectivity index (χ0v) is 12.8. The molecule has 1 N–H and O–H groups in total. The van der Waals surface area contributed by atoms with Crippen LogP contribution in [0.2, 0.25) is 0 Å². The summed E-state index contributed by atoms with van der Waals surface area (Å²) >= 11 is 5.22. The smallest absolute Gasteiger partial charge is 0.0794 e. The van der Waals surface area contributed by atoms with Gasteiger partial charge in [-0.2, -0.15) is 0 Å². The SMILES string of the molecule is CNCC(Cc1ccc(Br)cc1)Cc1cncs1. The van der Waals surface area contributed by atoms with Crippen LogP contribution in [0.5, 0.6) is 0 Å². The highest BCUT2D eigenvalue weighted by Crippen LogP contribution is 2.18. The highest BCUT2D eigenvalue weighted by atomic mass is 79.9. The lowest BCUT2D eigenvalue weighted by atomic mass is 9.95. The second-order valence-electron chi connectivity index (χ2n) is 4.43. The van der Waals surface area contributed by atoms with E-state index >= 15 is 0 Å². The molecule has 0 radical (unpaired) electrons. The molecule has 18 heavy (non-hydrogen) atoms. The van der Waals surface area contributed by atoms with Gasteiger partial charge in [-0.25, -0.2) is 0 Å². The van der Waals surface area contributed by atoms with Crippen LogP contribution >= 0.6 is 27.3 Å². The second kappa shape index (κ2) is 7.02. The minimum absolute atomic E-state index is 0.622. The Morgan fingerprint density at radius 2 is 2.06 bits per heavy atom. The number of nitrogens with zero attached hydrogens (tertiary/aromatic N) is 1. The van der Waals surface area contributed by atoms with Crippen LogP contribution < -0.4 is 5.32 Å². The molecule has 1 atom stereocenters. The van der Waals surface area contributed by atoms with Crippen molar-refractivity contribution in [2.75, 3.05) is 13.6 Å². The Kier molecular flexibility index (Phi) is 5.35. The molecule has 96 valence electrons. The van der Waals surface area contributed by atoms with Crippen LogP contribution in [-0.2, 0) is 12.8 Å². The predicted molar refractivity (Wildman–Crippen MR) is 81.1 cm³/mol. The lowest BCUT2D eigenvalue weighted by Crippen LogP contribution is -2.22. The van der Waals surface area contributed by atoms with Crippen LogP contribution in [0.3, 0.4) is 0 Å². The van der Waals surface area contributed by atoms with Crippen LogP contribution in [0.1, 0.15) is 10.4 Å². The van der Waals surface area contributed by atoms with Crippen LogP contribution in [0.15, 0.2) is 40.4 Å². The molecule has 0 spiro atoms. The van der Waals surface area contributed by atoms with E-state index in [0.717, 1.165) is 23.9 Å². The van der Waals surface area contributed by atoms with Crippen LogP contribution in [-0.4, -0.2) is 18.6 Å². The summed E-state index contributed by atoms with van der Waals surface area (Å²) < 4.78 is 1.14. The Balaban J connectivity index is 1.99. The maximum atomic E-state index is 4.15. The largest absolute Gasteiger partial charge is 0.319 e. The molecule has 1 heterocycles. The van der Waals surface area contributed by atoms with Crippen LogP contribution in [0, 0.1) is 5.92 Å². The fourth-order valence-electron chi connectivity index (χ4n) is 2.09. The van der Waals surface area contributed by atoms with Crippen molar-refractivity contribution < 1.29 is 0 Å². The number of halogens is 1. The van der Waals surface area contributed by atoms with E-state index < -0.39 is 0 Å². The van der Waals surface area contributed by atoms with E-state index in [0.29, 0.717) is 5.92 Å². The third-order valence-electron chi connectivity index (χ3n) is 2.90. The van der Waals surface area contributed by atoms with Gasteiger partial charge in [-0.3, -0.25) is 4.98 Å². The van der Waals surface area contributed by atoms with E-state index in [1.165, 1.54) is 10.4 Å². The molecule has 2 rings (SSSR count). The summed E-state index contributed by atoms with van der Waals surface area (Å²) in [7, 11) is 2.02. The molecule has 0 bridgehead atoms. The Labute approximate surface area is 121 Å². The summed E-state index contributed by atoms with van der Waals surface area (Å²) in [5.74, 6) is 0.622. The number of hydrogen-bond acceptors (Lipinski definition) is 3. The summed E-state index contributed by atoms with van der Waals surface area (Å²) in [5, 5.41) is 3.29. The van der Waals surface area contributed by atoms with Gasteiger partial charge in [0.05, 0.1) is 5.51 Å². The van der Waals surface area contributed by atoms with Crippen molar-refractivity contribution in [1.82, 2.24) is 10.3 Å². The predicted octanol–water partition coefficient (Wildman–Crippen LogP) is 3.53. The Morgan fingerprint density at radius 1 is 1.28 bits per heavy atom. The molecule has 0 aliphatic carbocycles. The number of benzene rings is 1. The highest BCUT2D eigenvalue weighted by molar-refractivity contribution is 9.10. The summed E-state index contributed by atoms with van der Waals surface area (Å²) in [4.78, 5) is 5.51. The van der Waals surface area contributed by atoms with Gasteiger partial charge >= 0.3 is 0 Å². The van der Waals surface area contributed by atoms with E-state index in [9.17, 15) is 0 Å². The van der Waals surface area contributed by atoms with Crippen molar-refractivity contribution in [3.63, 3.8) is 0 Å². The molecule has 0 saturated heterocycles. The third kappa shape index (κ3) is 4.19. The van der Waals surface area contributed by atoms with Gasteiger partial charge in [-0.15, -0.1) is 11.3 Å². The quantitative estimate of drug-likeness (QED) is 0.879. The molecule has 0 aliphatic rings. The normalized spacial score (nSPS) is 12.6. The maximum absolute atomic E-state index is 4.15. The summed E-state index contributed by atoms with van der Waals surface area (Å²) in [5.41, 5.74) is 3.30. The topological polar surface area (TPSA) is 24.9 Å². The van der Waals surface area contributed by atoms with Crippen LogP contribution in [0.25, 0.3) is 0 Å². The molecule has 1 aromatic heterocycles. The van der Waals surface area contributed by atoms with Crippen molar-refractivity contribution in [3.05, 3.63) is 50.9 Å². The lowest BCUT2D eigenvalue weighted by molar-refractivity contribution is 0.496. The molecule has 2 aromatic rings. The van der Waals surface area contributed by atoms with Gasteiger partial charge in [0.25, 0.3) is 0 Å². The van der Waals surface area contributed by atoms with E-state index in [1.54, 1.807) is 11.3 Å². The lowest BCUT2D eigenvalue weighted by Gasteiger charge is -2.15. The highest BCUT2D eigenvalue weighted by Gasteiger charge is 2.11. The fourth-order valence-corrected chi connectivity index (χ4v) is 3.06. The van der Waals surface area contributed by atoms with Crippen molar-refractivity contribution >= 4 is 27.3 Å². The zero-order chi connectivity index (χ0) is 12.8. The van der Waals surface area contributed by atoms with E-state index in [1.807, 2.05) is 18.8 Å². The minimum Gasteiger partial charge on any atom is -0.319 e. The average Bonchev–Trinajstić information content (AvgIpc) is 2.85. The first kappa shape index (κ1) is 13.7. The van der Waals surface area contributed by atoms with Gasteiger partial charge in [0, 0.05) is 15.5 Å². The number of thiazole rings is 1. The minimum atomic E-state index is 0.622. The Bertz CT molecular complexity index is 453. The molecule has 0 aliphatic heterocycles. The fraction of sp³-hybridized carbons (Fsp3) is 0.357. The van der Waals surface area contributed by atoms with E-state index in [-0.39, 0.29) is 0 Å². The molecule has 0 saturated carbocycles. The van der Waals surface area contributed by atoms with Gasteiger partial charge < -0.3 is 5.32 Å². The molecule has 1 aromatic carbocycles. The molecular formula is C14H17BrN2S. The number of rotatable bonds is 6. The van der Waals surface area contributed by atoms with Gasteiger partial charge in [-0.05, 0) is 50.0 Å². The first-order valence-electron chi connectivity index (χ1n) is 6.04. The van der Waals surface area contributed by atoms with Crippen LogP contribution in [0.4, 0.5) is 0 Å². The van der Waals surface area contributed by atoms with Crippen molar-refractivity contribution in [2.24, 2.45) is 5.92 Å². The molecule has 0 fully saturated rings.